The van der Waals surface area contributed by atoms with Crippen molar-refractivity contribution in [3.05, 3.63) is 29.6 Å². The van der Waals surface area contributed by atoms with Crippen LogP contribution in [0.4, 0.5) is 9.18 Å². The van der Waals surface area contributed by atoms with Crippen LogP contribution in [0.25, 0.3) is 0 Å². The van der Waals surface area contributed by atoms with Crippen LogP contribution in [-0.4, -0.2) is 42.6 Å². The van der Waals surface area contributed by atoms with Crippen LogP contribution in [0, 0.1) is 11.7 Å². The van der Waals surface area contributed by atoms with Gasteiger partial charge in [-0.3, -0.25) is 0 Å². The minimum absolute atomic E-state index is 0.0902. The third-order valence-electron chi connectivity index (χ3n) is 3.40. The number of halogens is 1. The summed E-state index contributed by atoms with van der Waals surface area (Å²) in [4.78, 5) is 11.7. The lowest BCUT2D eigenvalue weighted by Crippen LogP contribution is -2.37. The molecular weight excluding hydrogens is 339 g/mol. The molecule has 6 nitrogen and oxygen atoms in total. The molecule has 0 saturated carbocycles. The Bertz CT molecular complexity index is 575. The van der Waals surface area contributed by atoms with Gasteiger partial charge in [-0.1, -0.05) is 6.92 Å². The normalized spacial score (nSPS) is 13.8. The van der Waals surface area contributed by atoms with E-state index in [0.29, 0.717) is 24.4 Å². The van der Waals surface area contributed by atoms with Gasteiger partial charge in [0.05, 0.1) is 6.54 Å². The lowest BCUT2D eigenvalue weighted by atomic mass is 10.1. The van der Waals surface area contributed by atoms with Crippen LogP contribution >= 0.6 is 0 Å². The number of benzene rings is 1. The van der Waals surface area contributed by atoms with Crippen molar-refractivity contribution in [1.29, 1.82) is 0 Å². The Kier molecular flexibility index (Phi) is 8.81. The topological polar surface area (TPSA) is 79.8 Å². The molecule has 0 aliphatic carbocycles. The van der Waals surface area contributed by atoms with Crippen LogP contribution in [-0.2, 0) is 11.3 Å². The highest BCUT2D eigenvalue weighted by Crippen LogP contribution is 2.21. The van der Waals surface area contributed by atoms with Crippen LogP contribution < -0.4 is 15.4 Å². The van der Waals surface area contributed by atoms with Crippen LogP contribution in [0.1, 0.15) is 40.2 Å². The Balaban J connectivity index is 2.58. The highest BCUT2D eigenvalue weighted by Gasteiger charge is 2.17. The summed E-state index contributed by atoms with van der Waals surface area (Å²) in [5.41, 5.74) is 0.120. The molecule has 2 atom stereocenters. The monoisotopic (exact) mass is 370 g/mol. The number of carbonyl (C=O) groups excluding carboxylic acids is 1. The van der Waals surface area contributed by atoms with E-state index in [1.807, 2.05) is 13.8 Å². The molecule has 1 aromatic carbocycles. The number of hydrogen-bond acceptors (Lipinski definition) is 5. The third kappa shape index (κ3) is 9.01. The number of rotatable bonds is 9. The molecule has 0 bridgehead atoms. The van der Waals surface area contributed by atoms with E-state index in [-0.39, 0.29) is 31.0 Å². The molecule has 7 heteroatoms. The molecule has 0 spiro atoms. The molecule has 1 aromatic rings. The number of aliphatic hydroxyl groups excluding tert-OH is 1. The largest absolute Gasteiger partial charge is 0.489 e. The fourth-order valence-electron chi connectivity index (χ4n) is 2.12. The molecule has 3 N–H and O–H groups in total. The van der Waals surface area contributed by atoms with Crippen molar-refractivity contribution >= 4 is 6.09 Å². The molecular formula is C19H31FN2O4. The van der Waals surface area contributed by atoms with Crippen LogP contribution in [0.5, 0.6) is 5.75 Å². The van der Waals surface area contributed by atoms with Gasteiger partial charge in [0.2, 0.25) is 0 Å². The Labute approximate surface area is 155 Å². The molecule has 0 radical (unpaired) electrons. The smallest absolute Gasteiger partial charge is 0.407 e. The van der Waals surface area contributed by atoms with Gasteiger partial charge in [0.1, 0.15) is 23.3 Å². The minimum Gasteiger partial charge on any atom is -0.489 e. The predicted molar refractivity (Wildman–Crippen MR) is 98.7 cm³/mol. The summed E-state index contributed by atoms with van der Waals surface area (Å²) in [5.74, 6) is 0.322. The fraction of sp³-hybridized carbons (Fsp3) is 0.632. The molecule has 0 aromatic heterocycles. The first kappa shape index (κ1) is 22.2. The van der Waals surface area contributed by atoms with Crippen LogP contribution in [0.2, 0.25) is 0 Å². The molecule has 0 aliphatic rings. The summed E-state index contributed by atoms with van der Waals surface area (Å²) in [6, 6.07) is 4.33. The summed E-state index contributed by atoms with van der Waals surface area (Å²) < 4.78 is 24.6. The quantitative estimate of drug-likeness (QED) is 0.623. The average Bonchev–Trinajstić information content (AvgIpc) is 2.53. The molecule has 0 unspecified atom stereocenters. The molecule has 0 saturated heterocycles. The predicted octanol–water partition coefficient (Wildman–Crippen LogP) is 2.84. The fourth-order valence-corrected chi connectivity index (χ4v) is 2.12. The van der Waals surface area contributed by atoms with Gasteiger partial charge in [0.25, 0.3) is 0 Å². The van der Waals surface area contributed by atoms with E-state index >= 15 is 0 Å². The van der Waals surface area contributed by atoms with Crippen molar-refractivity contribution in [2.24, 2.45) is 5.92 Å². The van der Waals surface area contributed by atoms with Gasteiger partial charge in [-0.25, -0.2) is 9.18 Å². The summed E-state index contributed by atoms with van der Waals surface area (Å²) >= 11 is 0. The van der Waals surface area contributed by atoms with Crippen molar-refractivity contribution in [3.8, 4) is 5.75 Å². The second-order valence-electron chi connectivity index (χ2n) is 7.48. The van der Waals surface area contributed by atoms with E-state index in [1.54, 1.807) is 26.8 Å². The Morgan fingerprint density at radius 1 is 1.27 bits per heavy atom. The minimum atomic E-state index is -0.560. The second-order valence-corrected chi connectivity index (χ2v) is 7.48. The number of hydrogen-bond donors (Lipinski definition) is 3. The molecule has 1 rings (SSSR count). The first-order chi connectivity index (χ1) is 12.1. The van der Waals surface area contributed by atoms with Gasteiger partial charge >= 0.3 is 6.09 Å². The Morgan fingerprint density at radius 3 is 2.58 bits per heavy atom. The molecule has 148 valence electrons. The SMILES string of the molecule is C[C@H](CO)CNCc1cc(F)ccc1O[C@@H](C)CNC(=O)OC(C)(C)C. The van der Waals surface area contributed by atoms with E-state index in [9.17, 15) is 9.18 Å². The second kappa shape index (κ2) is 10.3. The molecule has 1 amide bonds. The van der Waals surface area contributed by atoms with Gasteiger partial charge < -0.3 is 25.2 Å². The molecule has 0 fully saturated rings. The van der Waals surface area contributed by atoms with Crippen molar-refractivity contribution in [1.82, 2.24) is 10.6 Å². The number of ether oxygens (including phenoxy) is 2. The molecule has 0 aliphatic heterocycles. The number of alkyl carbamates (subject to hydrolysis) is 1. The lowest BCUT2D eigenvalue weighted by Gasteiger charge is -2.22. The highest BCUT2D eigenvalue weighted by atomic mass is 19.1. The van der Waals surface area contributed by atoms with Gasteiger partial charge in [-0.05, 0) is 51.8 Å². The van der Waals surface area contributed by atoms with Crippen molar-refractivity contribution < 1.29 is 23.8 Å². The summed E-state index contributed by atoms with van der Waals surface area (Å²) in [6.45, 7) is 10.5. The van der Waals surface area contributed by atoms with Gasteiger partial charge in [0.15, 0.2) is 0 Å². The maximum Gasteiger partial charge on any atom is 0.407 e. The van der Waals surface area contributed by atoms with Crippen molar-refractivity contribution in [3.63, 3.8) is 0 Å². The summed E-state index contributed by atoms with van der Waals surface area (Å²) in [6.07, 6.45) is -0.824. The zero-order valence-electron chi connectivity index (χ0n) is 16.3. The summed E-state index contributed by atoms with van der Waals surface area (Å²) in [5, 5.41) is 14.9. The van der Waals surface area contributed by atoms with E-state index in [1.165, 1.54) is 12.1 Å². The van der Waals surface area contributed by atoms with Gasteiger partial charge in [0, 0.05) is 25.3 Å². The van der Waals surface area contributed by atoms with Crippen molar-refractivity contribution in [2.75, 3.05) is 19.7 Å². The van der Waals surface area contributed by atoms with Crippen molar-refractivity contribution in [2.45, 2.75) is 52.9 Å². The summed E-state index contributed by atoms with van der Waals surface area (Å²) in [7, 11) is 0. The van der Waals surface area contributed by atoms with Crippen LogP contribution in [0.15, 0.2) is 18.2 Å². The highest BCUT2D eigenvalue weighted by molar-refractivity contribution is 5.67. The number of nitrogens with one attached hydrogen (secondary N) is 2. The maximum atomic E-state index is 13.6. The zero-order valence-corrected chi connectivity index (χ0v) is 16.3. The first-order valence-electron chi connectivity index (χ1n) is 8.84. The number of aliphatic hydroxyl groups is 1. The average molecular weight is 370 g/mol. The number of carbonyl (C=O) groups is 1. The maximum absolute atomic E-state index is 13.6. The van der Waals surface area contributed by atoms with E-state index < -0.39 is 11.7 Å². The van der Waals surface area contributed by atoms with Gasteiger partial charge in [-0.2, -0.15) is 0 Å². The van der Waals surface area contributed by atoms with E-state index in [2.05, 4.69) is 10.6 Å². The van der Waals surface area contributed by atoms with Gasteiger partial charge in [-0.15, -0.1) is 0 Å². The van der Waals surface area contributed by atoms with E-state index in [0.717, 1.165) is 0 Å². The zero-order chi connectivity index (χ0) is 19.7. The standard InChI is InChI=1S/C19H31FN2O4/c1-13(12-23)9-21-11-15-8-16(20)6-7-17(15)25-14(2)10-22-18(24)26-19(3,4)5/h6-8,13-14,21,23H,9-12H2,1-5H3,(H,22,24)/t13-,14-/m0/s1. The number of amides is 1. The molecule has 26 heavy (non-hydrogen) atoms. The molecule has 0 heterocycles. The van der Waals surface area contributed by atoms with Crippen LogP contribution in [0.3, 0.4) is 0 Å². The third-order valence-corrected chi connectivity index (χ3v) is 3.40. The lowest BCUT2D eigenvalue weighted by molar-refractivity contribution is 0.0505. The Hall–Kier alpha value is -1.86. The Morgan fingerprint density at radius 2 is 1.96 bits per heavy atom. The first-order valence-corrected chi connectivity index (χ1v) is 8.84. The van der Waals surface area contributed by atoms with E-state index in [4.69, 9.17) is 14.6 Å².